The highest BCUT2D eigenvalue weighted by Crippen LogP contribution is 2.17. The van der Waals surface area contributed by atoms with Crippen LogP contribution in [0.2, 0.25) is 0 Å². The highest BCUT2D eigenvalue weighted by Gasteiger charge is 2.20. The molecule has 112 valence electrons. The Kier molecular flexibility index (Phi) is 8.07. The molecular weight excluding hydrogens is 238 g/mol. The van der Waals surface area contributed by atoms with E-state index < -0.39 is 0 Å². The summed E-state index contributed by atoms with van der Waals surface area (Å²) < 4.78 is 0. The lowest BCUT2D eigenvalue weighted by molar-refractivity contribution is -0.123. The molecule has 0 unspecified atom stereocenters. The number of carbonyl (C=O) groups excluding carboxylic acids is 1. The molecule has 1 rings (SSSR count). The Morgan fingerprint density at radius 3 is 2.42 bits per heavy atom. The lowest BCUT2D eigenvalue weighted by atomic mass is 9.95. The summed E-state index contributed by atoms with van der Waals surface area (Å²) >= 11 is 0. The predicted octanol–water partition coefficient (Wildman–Crippen LogP) is 1.88. The fourth-order valence-corrected chi connectivity index (χ4v) is 3.07. The molecule has 1 aliphatic rings. The van der Waals surface area contributed by atoms with Crippen LogP contribution in [-0.2, 0) is 4.79 Å². The molecule has 19 heavy (non-hydrogen) atoms. The van der Waals surface area contributed by atoms with Gasteiger partial charge in [0.05, 0.1) is 6.54 Å². The van der Waals surface area contributed by atoms with Crippen molar-refractivity contribution in [2.45, 2.75) is 70.9 Å². The van der Waals surface area contributed by atoms with E-state index >= 15 is 0 Å². The van der Waals surface area contributed by atoms with Gasteiger partial charge in [0.15, 0.2) is 0 Å². The first kappa shape index (κ1) is 16.4. The molecule has 0 aromatic carbocycles. The number of hydrogen-bond donors (Lipinski definition) is 2. The van der Waals surface area contributed by atoms with E-state index in [-0.39, 0.29) is 5.91 Å². The summed E-state index contributed by atoms with van der Waals surface area (Å²) in [5.41, 5.74) is 5.66. The smallest absolute Gasteiger partial charge is 0.234 e. The molecule has 0 heterocycles. The van der Waals surface area contributed by atoms with Crippen molar-refractivity contribution in [3.8, 4) is 0 Å². The topological polar surface area (TPSA) is 58.4 Å². The number of nitrogens with one attached hydrogen (secondary N) is 1. The maximum absolute atomic E-state index is 12.1. The molecule has 0 spiro atoms. The van der Waals surface area contributed by atoms with Crippen LogP contribution in [0.25, 0.3) is 0 Å². The van der Waals surface area contributed by atoms with Crippen molar-refractivity contribution in [3.63, 3.8) is 0 Å². The summed E-state index contributed by atoms with van der Waals surface area (Å²) in [5, 5.41) is 3.19. The van der Waals surface area contributed by atoms with Gasteiger partial charge in [-0.3, -0.25) is 9.69 Å². The third kappa shape index (κ3) is 5.91. The van der Waals surface area contributed by atoms with E-state index in [1.807, 2.05) is 0 Å². The van der Waals surface area contributed by atoms with Gasteiger partial charge in [-0.05, 0) is 25.7 Å². The highest BCUT2D eigenvalue weighted by atomic mass is 16.2. The number of amides is 1. The van der Waals surface area contributed by atoms with Crippen LogP contribution in [0, 0.1) is 0 Å². The van der Waals surface area contributed by atoms with E-state index in [9.17, 15) is 4.79 Å². The molecule has 0 bridgehead atoms. The van der Waals surface area contributed by atoms with Gasteiger partial charge in [0.1, 0.15) is 0 Å². The molecule has 0 atom stereocenters. The first-order valence-corrected chi connectivity index (χ1v) is 7.94. The lowest BCUT2D eigenvalue weighted by Gasteiger charge is -2.30. The van der Waals surface area contributed by atoms with E-state index in [2.05, 4.69) is 24.1 Å². The van der Waals surface area contributed by atoms with Crippen molar-refractivity contribution < 1.29 is 4.79 Å². The summed E-state index contributed by atoms with van der Waals surface area (Å²) in [5.74, 6) is 0.173. The average molecular weight is 269 g/mol. The van der Waals surface area contributed by atoms with E-state index in [1.165, 1.54) is 19.3 Å². The van der Waals surface area contributed by atoms with Crippen LogP contribution in [0.15, 0.2) is 0 Å². The van der Waals surface area contributed by atoms with Gasteiger partial charge >= 0.3 is 0 Å². The van der Waals surface area contributed by atoms with Gasteiger partial charge in [-0.15, -0.1) is 0 Å². The van der Waals surface area contributed by atoms with Crippen molar-refractivity contribution in [1.82, 2.24) is 10.2 Å². The zero-order valence-electron chi connectivity index (χ0n) is 12.7. The van der Waals surface area contributed by atoms with Crippen molar-refractivity contribution in [1.29, 1.82) is 0 Å². The Labute approximate surface area is 118 Å². The molecule has 1 saturated carbocycles. The lowest BCUT2D eigenvalue weighted by Crippen LogP contribution is -2.47. The Hall–Kier alpha value is -0.610. The minimum atomic E-state index is 0.173. The van der Waals surface area contributed by atoms with Crippen LogP contribution in [0.3, 0.4) is 0 Å². The van der Waals surface area contributed by atoms with Gasteiger partial charge in [0, 0.05) is 25.2 Å². The van der Waals surface area contributed by atoms with Crippen LogP contribution >= 0.6 is 0 Å². The quantitative estimate of drug-likeness (QED) is 0.707. The Balaban J connectivity index is 2.40. The van der Waals surface area contributed by atoms with Crippen LogP contribution < -0.4 is 11.1 Å². The highest BCUT2D eigenvalue weighted by molar-refractivity contribution is 5.78. The van der Waals surface area contributed by atoms with Gasteiger partial charge in [-0.25, -0.2) is 0 Å². The third-order valence-electron chi connectivity index (χ3n) is 4.19. The molecule has 1 aliphatic carbocycles. The summed E-state index contributed by atoms with van der Waals surface area (Å²) in [4.78, 5) is 14.4. The normalized spacial score (nSPS) is 17.1. The molecule has 0 aromatic rings. The van der Waals surface area contributed by atoms with Gasteiger partial charge in [0.25, 0.3) is 0 Å². The van der Waals surface area contributed by atoms with Gasteiger partial charge in [-0.2, -0.15) is 0 Å². The third-order valence-corrected chi connectivity index (χ3v) is 4.19. The predicted molar refractivity (Wildman–Crippen MR) is 80.0 cm³/mol. The van der Waals surface area contributed by atoms with E-state index in [0.29, 0.717) is 25.2 Å². The summed E-state index contributed by atoms with van der Waals surface area (Å²) in [7, 11) is 0. The summed E-state index contributed by atoms with van der Waals surface area (Å²) in [6, 6.07) is 0.878. The first-order valence-electron chi connectivity index (χ1n) is 7.94. The van der Waals surface area contributed by atoms with Crippen molar-refractivity contribution in [2.24, 2.45) is 5.73 Å². The van der Waals surface area contributed by atoms with E-state index in [4.69, 9.17) is 5.73 Å². The summed E-state index contributed by atoms with van der Waals surface area (Å²) in [6.45, 7) is 6.28. The molecule has 0 aliphatic heterocycles. The van der Waals surface area contributed by atoms with Crippen molar-refractivity contribution in [3.05, 3.63) is 0 Å². The molecule has 3 N–H and O–H groups in total. The second-order valence-electron chi connectivity index (χ2n) is 5.63. The van der Waals surface area contributed by atoms with Gasteiger partial charge < -0.3 is 11.1 Å². The monoisotopic (exact) mass is 269 g/mol. The van der Waals surface area contributed by atoms with E-state index in [1.54, 1.807) is 0 Å². The Morgan fingerprint density at radius 2 is 1.89 bits per heavy atom. The zero-order chi connectivity index (χ0) is 14.1. The standard InChI is InChI=1S/C15H31N3O/c1-3-14(4-2)18(11-10-16)12-15(19)17-13-8-6-5-7-9-13/h13-14H,3-12,16H2,1-2H3,(H,17,19). The second kappa shape index (κ2) is 9.32. The minimum Gasteiger partial charge on any atom is -0.352 e. The molecule has 1 fully saturated rings. The fourth-order valence-electron chi connectivity index (χ4n) is 3.07. The first-order chi connectivity index (χ1) is 9.21. The van der Waals surface area contributed by atoms with E-state index in [0.717, 1.165) is 32.2 Å². The second-order valence-corrected chi connectivity index (χ2v) is 5.63. The van der Waals surface area contributed by atoms with Crippen LogP contribution in [-0.4, -0.2) is 42.5 Å². The molecule has 4 heteroatoms. The SMILES string of the molecule is CCC(CC)N(CCN)CC(=O)NC1CCCCC1. The maximum atomic E-state index is 12.1. The maximum Gasteiger partial charge on any atom is 0.234 e. The van der Waals surface area contributed by atoms with Gasteiger partial charge in [0.2, 0.25) is 5.91 Å². The zero-order valence-corrected chi connectivity index (χ0v) is 12.7. The van der Waals surface area contributed by atoms with Crippen LogP contribution in [0.5, 0.6) is 0 Å². The van der Waals surface area contributed by atoms with Crippen molar-refractivity contribution in [2.75, 3.05) is 19.6 Å². The number of carbonyl (C=O) groups is 1. The van der Waals surface area contributed by atoms with Crippen molar-refractivity contribution >= 4 is 5.91 Å². The molecule has 0 radical (unpaired) electrons. The van der Waals surface area contributed by atoms with Crippen LogP contribution in [0.1, 0.15) is 58.8 Å². The molecule has 0 saturated heterocycles. The molecule has 4 nitrogen and oxygen atoms in total. The number of hydrogen-bond acceptors (Lipinski definition) is 3. The number of nitrogens with zero attached hydrogens (tertiary/aromatic N) is 1. The van der Waals surface area contributed by atoms with Crippen LogP contribution in [0.4, 0.5) is 0 Å². The average Bonchev–Trinajstić information content (AvgIpc) is 2.41. The Morgan fingerprint density at radius 1 is 1.26 bits per heavy atom. The molecule has 1 amide bonds. The summed E-state index contributed by atoms with van der Waals surface area (Å²) in [6.07, 6.45) is 8.27. The molecular formula is C15H31N3O. The largest absolute Gasteiger partial charge is 0.352 e. The number of nitrogens with two attached hydrogens (primary N) is 1. The molecule has 0 aromatic heterocycles. The number of rotatable bonds is 8. The minimum absolute atomic E-state index is 0.173. The van der Waals surface area contributed by atoms with Gasteiger partial charge in [-0.1, -0.05) is 33.1 Å². The Bertz CT molecular complexity index is 248. The fraction of sp³-hybridized carbons (Fsp3) is 0.933.